The quantitative estimate of drug-likeness (QED) is 0.456. The average Bonchev–Trinajstić information content (AvgIpc) is 3.22. The van der Waals surface area contributed by atoms with Crippen LogP contribution in [0.3, 0.4) is 0 Å². The van der Waals surface area contributed by atoms with Crippen molar-refractivity contribution < 1.29 is 9.53 Å². The second-order valence-corrected chi connectivity index (χ2v) is 7.39. The van der Waals surface area contributed by atoms with Crippen LogP contribution in [0.1, 0.15) is 29.7 Å². The summed E-state index contributed by atoms with van der Waals surface area (Å²) in [5.74, 6) is 0.615. The van der Waals surface area contributed by atoms with Gasteiger partial charge < -0.3 is 14.6 Å². The minimum atomic E-state index is -0.209. The highest BCUT2D eigenvalue weighted by molar-refractivity contribution is 5.85. The zero-order valence-corrected chi connectivity index (χ0v) is 17.3. The number of para-hydroxylation sites is 2. The highest BCUT2D eigenvalue weighted by Gasteiger charge is 2.26. The Morgan fingerprint density at radius 2 is 1.67 bits per heavy atom. The number of rotatable bonds is 7. The number of likely N-dealkylation sites (N-methyl/N-ethyl adjacent to an activating group) is 1. The largest absolute Gasteiger partial charge is 0.484 e. The van der Waals surface area contributed by atoms with E-state index < -0.39 is 0 Å². The first-order chi connectivity index (χ1) is 14.7. The number of fused-ring (bicyclic) bond motifs is 1. The number of H-pyrrole nitrogens is 1. The molecule has 0 aliphatic carbocycles. The van der Waals surface area contributed by atoms with Gasteiger partial charge in [-0.3, -0.25) is 4.79 Å². The third kappa shape index (κ3) is 4.08. The van der Waals surface area contributed by atoms with Crippen LogP contribution in [0.5, 0.6) is 5.75 Å². The normalized spacial score (nSPS) is 11.9. The molecule has 1 amide bonds. The first-order valence-electron chi connectivity index (χ1n) is 10.3. The molecule has 4 nitrogen and oxygen atoms in total. The maximum absolute atomic E-state index is 13.1. The van der Waals surface area contributed by atoms with Gasteiger partial charge in [0, 0.05) is 29.7 Å². The molecule has 0 saturated carbocycles. The van der Waals surface area contributed by atoms with Gasteiger partial charge in [0.25, 0.3) is 5.91 Å². The van der Waals surface area contributed by atoms with E-state index in [-0.39, 0.29) is 18.6 Å². The van der Waals surface area contributed by atoms with E-state index in [9.17, 15) is 4.79 Å². The molecule has 4 rings (SSSR count). The van der Waals surface area contributed by atoms with Crippen molar-refractivity contribution in [2.24, 2.45) is 0 Å². The van der Waals surface area contributed by atoms with Crippen LogP contribution in [0, 0.1) is 0 Å². The molecule has 4 aromatic rings. The van der Waals surface area contributed by atoms with E-state index in [1.54, 1.807) is 4.90 Å². The molecule has 0 fully saturated rings. The lowest BCUT2D eigenvalue weighted by atomic mass is 9.95. The van der Waals surface area contributed by atoms with Crippen molar-refractivity contribution in [2.75, 3.05) is 13.7 Å². The summed E-state index contributed by atoms with van der Waals surface area (Å²) < 4.78 is 5.72. The molecule has 0 bridgehead atoms. The van der Waals surface area contributed by atoms with Gasteiger partial charge in [-0.25, -0.2) is 0 Å². The first-order valence-corrected chi connectivity index (χ1v) is 10.3. The van der Waals surface area contributed by atoms with Gasteiger partial charge in [0.05, 0.1) is 6.04 Å². The summed E-state index contributed by atoms with van der Waals surface area (Å²) in [5.41, 5.74) is 4.49. The van der Waals surface area contributed by atoms with Gasteiger partial charge in [0.1, 0.15) is 5.75 Å². The number of hydrogen-bond acceptors (Lipinski definition) is 2. The van der Waals surface area contributed by atoms with Crippen LogP contribution in [-0.4, -0.2) is 29.4 Å². The minimum absolute atomic E-state index is 0.00753. The third-order valence-electron chi connectivity index (χ3n) is 5.51. The zero-order valence-electron chi connectivity index (χ0n) is 17.3. The lowest BCUT2D eigenvalue weighted by molar-refractivity contribution is -0.133. The second-order valence-electron chi connectivity index (χ2n) is 7.39. The highest BCUT2D eigenvalue weighted by Crippen LogP contribution is 2.33. The molecule has 0 aliphatic rings. The summed E-state index contributed by atoms with van der Waals surface area (Å²) in [7, 11) is 1.84. The van der Waals surface area contributed by atoms with Crippen molar-refractivity contribution in [3.8, 4) is 5.75 Å². The Hall–Kier alpha value is -3.53. The number of nitrogens with zero attached hydrogens (tertiary/aromatic N) is 1. The second kappa shape index (κ2) is 8.87. The fourth-order valence-electron chi connectivity index (χ4n) is 3.78. The molecule has 152 valence electrons. The van der Waals surface area contributed by atoms with Crippen molar-refractivity contribution in [2.45, 2.75) is 19.4 Å². The van der Waals surface area contributed by atoms with Crippen LogP contribution in [0.2, 0.25) is 0 Å². The van der Waals surface area contributed by atoms with Crippen molar-refractivity contribution in [1.29, 1.82) is 0 Å². The van der Waals surface area contributed by atoms with Gasteiger partial charge in [-0.1, -0.05) is 67.6 Å². The summed E-state index contributed by atoms with van der Waals surface area (Å²) in [5, 5.41) is 1.12. The number of amides is 1. The summed E-state index contributed by atoms with van der Waals surface area (Å²) in [6.07, 6.45) is 2.99. The maximum Gasteiger partial charge on any atom is 0.261 e. The number of aromatic nitrogens is 1. The van der Waals surface area contributed by atoms with E-state index in [1.165, 1.54) is 5.56 Å². The summed E-state index contributed by atoms with van der Waals surface area (Å²) in [6, 6.07) is 25.9. The maximum atomic E-state index is 13.1. The fraction of sp³-hybridized carbons (Fsp3) is 0.192. The lowest BCUT2D eigenvalue weighted by Gasteiger charge is -2.29. The molecule has 1 aromatic heterocycles. The number of aromatic amines is 1. The van der Waals surface area contributed by atoms with Gasteiger partial charge in [-0.05, 0) is 35.7 Å². The molecular formula is C26H26N2O2. The van der Waals surface area contributed by atoms with Gasteiger partial charge in [0.15, 0.2) is 6.61 Å². The van der Waals surface area contributed by atoms with E-state index in [0.717, 1.165) is 28.5 Å². The van der Waals surface area contributed by atoms with Gasteiger partial charge >= 0.3 is 0 Å². The lowest BCUT2D eigenvalue weighted by Crippen LogP contribution is -2.35. The van der Waals surface area contributed by atoms with E-state index in [1.807, 2.05) is 55.7 Å². The Morgan fingerprint density at radius 1 is 0.967 bits per heavy atom. The summed E-state index contributed by atoms with van der Waals surface area (Å²) in [6.45, 7) is 2.13. The van der Waals surface area contributed by atoms with E-state index >= 15 is 0 Å². The third-order valence-corrected chi connectivity index (χ3v) is 5.51. The predicted octanol–water partition coefficient (Wildman–Crippen LogP) is 5.36. The molecule has 1 unspecified atom stereocenters. The summed E-state index contributed by atoms with van der Waals surface area (Å²) >= 11 is 0. The number of aryl methyl sites for hydroxylation is 1. The Bertz CT molecular complexity index is 1120. The molecule has 0 radical (unpaired) electrons. The number of benzene rings is 3. The molecule has 0 spiro atoms. The van der Waals surface area contributed by atoms with Crippen molar-refractivity contribution in [3.05, 3.63) is 102 Å². The van der Waals surface area contributed by atoms with Crippen LogP contribution < -0.4 is 4.74 Å². The zero-order chi connectivity index (χ0) is 20.9. The number of nitrogens with one attached hydrogen (secondary N) is 1. The molecule has 3 aromatic carbocycles. The Morgan fingerprint density at radius 3 is 2.40 bits per heavy atom. The summed E-state index contributed by atoms with van der Waals surface area (Å²) in [4.78, 5) is 18.2. The predicted molar refractivity (Wildman–Crippen MR) is 121 cm³/mol. The number of carbonyl (C=O) groups is 1. The van der Waals surface area contributed by atoms with Crippen molar-refractivity contribution in [3.63, 3.8) is 0 Å². The molecule has 1 heterocycles. The SMILES string of the molecule is CCc1ccc(C(c2c[nH]c3ccccc23)N(C)C(=O)COc2ccccc2)cc1. The average molecular weight is 399 g/mol. The Labute approximate surface area is 177 Å². The molecular weight excluding hydrogens is 372 g/mol. The number of ether oxygens (including phenoxy) is 1. The fourth-order valence-corrected chi connectivity index (χ4v) is 3.78. The minimum Gasteiger partial charge on any atom is -0.484 e. The Kier molecular flexibility index (Phi) is 5.84. The molecule has 0 aliphatic heterocycles. The topological polar surface area (TPSA) is 45.3 Å². The molecule has 30 heavy (non-hydrogen) atoms. The van der Waals surface area contributed by atoms with Crippen LogP contribution in [-0.2, 0) is 11.2 Å². The highest BCUT2D eigenvalue weighted by atomic mass is 16.5. The van der Waals surface area contributed by atoms with Gasteiger partial charge in [-0.2, -0.15) is 0 Å². The standard InChI is InChI=1S/C26H26N2O2/c1-3-19-13-15-20(16-14-19)26(23-17-27-24-12-8-7-11-22(23)24)28(2)25(29)18-30-21-9-5-4-6-10-21/h4-17,26-27H,3,18H2,1-2H3. The van der Waals surface area contributed by atoms with Crippen LogP contribution in [0.25, 0.3) is 10.9 Å². The molecule has 4 heteroatoms. The molecule has 1 N–H and O–H groups in total. The van der Waals surface area contributed by atoms with Gasteiger partial charge in [-0.15, -0.1) is 0 Å². The number of hydrogen-bond donors (Lipinski definition) is 1. The van der Waals surface area contributed by atoms with Crippen LogP contribution in [0.15, 0.2) is 85.1 Å². The van der Waals surface area contributed by atoms with E-state index in [4.69, 9.17) is 4.74 Å². The van der Waals surface area contributed by atoms with Gasteiger partial charge in [0.2, 0.25) is 0 Å². The van der Waals surface area contributed by atoms with E-state index in [2.05, 4.69) is 48.3 Å². The monoisotopic (exact) mass is 398 g/mol. The van der Waals surface area contributed by atoms with Crippen LogP contribution in [0.4, 0.5) is 0 Å². The number of carbonyl (C=O) groups excluding carboxylic acids is 1. The van der Waals surface area contributed by atoms with Crippen LogP contribution >= 0.6 is 0 Å². The van der Waals surface area contributed by atoms with Crippen molar-refractivity contribution in [1.82, 2.24) is 9.88 Å². The Balaban J connectivity index is 1.66. The first kappa shape index (κ1) is 19.8. The smallest absolute Gasteiger partial charge is 0.261 e. The molecule has 0 saturated heterocycles. The molecule has 1 atom stereocenters. The van der Waals surface area contributed by atoms with E-state index in [0.29, 0.717) is 5.75 Å². The van der Waals surface area contributed by atoms with Crippen molar-refractivity contribution >= 4 is 16.8 Å².